The second-order valence-corrected chi connectivity index (χ2v) is 5.94. The maximum atomic E-state index is 5.06. The van der Waals surface area contributed by atoms with Gasteiger partial charge in [-0.1, -0.05) is 25.0 Å². The van der Waals surface area contributed by atoms with E-state index in [1.165, 1.54) is 48.3 Å². The molecule has 3 nitrogen and oxygen atoms in total. The molecule has 20 heavy (non-hydrogen) atoms. The molecule has 104 valence electrons. The summed E-state index contributed by atoms with van der Waals surface area (Å²) in [6, 6.07) is 6.46. The average Bonchev–Trinajstić information content (AvgIpc) is 3.15. The first kappa shape index (κ1) is 12.2. The van der Waals surface area contributed by atoms with Gasteiger partial charge in [-0.25, -0.2) is 4.98 Å². The summed E-state index contributed by atoms with van der Waals surface area (Å²) < 4.78 is 2.33. The Morgan fingerprint density at radius 3 is 2.90 bits per heavy atom. The monoisotopic (exact) mass is 267 g/mol. The lowest BCUT2D eigenvalue weighted by Gasteiger charge is -2.12. The van der Waals surface area contributed by atoms with Gasteiger partial charge in [-0.15, -0.1) is 0 Å². The van der Waals surface area contributed by atoms with Gasteiger partial charge in [-0.2, -0.15) is 0 Å². The standard InChI is InChI=1S/C17H21N3/c1-2-6-14(5-1)17-19-16(13-8-10-18-11-9-13)15-7-3-4-12-20(15)17/h3-4,7-8,12,14,18H,1-2,5-6,9-11H2. The Morgan fingerprint density at radius 1 is 1.20 bits per heavy atom. The molecule has 1 saturated carbocycles. The smallest absolute Gasteiger partial charge is 0.117 e. The van der Waals surface area contributed by atoms with Crippen LogP contribution in [0.2, 0.25) is 0 Å². The predicted octanol–water partition coefficient (Wildman–Crippen LogP) is 3.37. The van der Waals surface area contributed by atoms with Crippen molar-refractivity contribution in [2.24, 2.45) is 0 Å². The number of rotatable bonds is 2. The van der Waals surface area contributed by atoms with Crippen LogP contribution >= 0.6 is 0 Å². The Labute approximate surface area is 119 Å². The molecule has 0 aromatic carbocycles. The van der Waals surface area contributed by atoms with Gasteiger partial charge in [0.25, 0.3) is 0 Å². The minimum Gasteiger partial charge on any atom is -0.313 e. The van der Waals surface area contributed by atoms with Crippen molar-refractivity contribution in [3.05, 3.63) is 42.0 Å². The molecule has 0 spiro atoms. The van der Waals surface area contributed by atoms with Gasteiger partial charge in [0.15, 0.2) is 0 Å². The highest BCUT2D eigenvalue weighted by molar-refractivity contribution is 5.77. The first-order valence-electron chi connectivity index (χ1n) is 7.80. The zero-order valence-corrected chi connectivity index (χ0v) is 11.8. The van der Waals surface area contributed by atoms with Crippen molar-refractivity contribution in [3.8, 4) is 0 Å². The molecule has 1 N–H and O–H groups in total. The Hall–Kier alpha value is -1.61. The zero-order chi connectivity index (χ0) is 13.4. The molecule has 3 heteroatoms. The lowest BCUT2D eigenvalue weighted by molar-refractivity contribution is 0.664. The summed E-state index contributed by atoms with van der Waals surface area (Å²) in [7, 11) is 0. The molecule has 0 bridgehead atoms. The highest BCUT2D eigenvalue weighted by Gasteiger charge is 2.24. The fourth-order valence-electron chi connectivity index (χ4n) is 3.61. The minimum atomic E-state index is 0.654. The van der Waals surface area contributed by atoms with E-state index in [2.05, 4.69) is 40.2 Å². The highest BCUT2D eigenvalue weighted by Crippen LogP contribution is 2.36. The Morgan fingerprint density at radius 2 is 2.10 bits per heavy atom. The third kappa shape index (κ3) is 1.97. The molecular formula is C17H21N3. The first-order valence-corrected chi connectivity index (χ1v) is 7.80. The van der Waals surface area contributed by atoms with E-state index >= 15 is 0 Å². The lowest BCUT2D eigenvalue weighted by atomic mass is 10.1. The Bertz CT molecular complexity index is 647. The van der Waals surface area contributed by atoms with E-state index in [4.69, 9.17) is 4.98 Å². The topological polar surface area (TPSA) is 29.3 Å². The van der Waals surface area contributed by atoms with E-state index in [-0.39, 0.29) is 0 Å². The summed E-state index contributed by atoms with van der Waals surface area (Å²) in [6.45, 7) is 2.04. The van der Waals surface area contributed by atoms with Crippen molar-refractivity contribution < 1.29 is 0 Å². The second kappa shape index (κ2) is 5.06. The van der Waals surface area contributed by atoms with E-state index < -0.39 is 0 Å². The van der Waals surface area contributed by atoms with Crippen LogP contribution < -0.4 is 5.32 Å². The van der Waals surface area contributed by atoms with Gasteiger partial charge >= 0.3 is 0 Å². The molecule has 2 aromatic rings. The molecular weight excluding hydrogens is 246 g/mol. The molecule has 0 radical (unpaired) electrons. The zero-order valence-electron chi connectivity index (χ0n) is 11.8. The normalized spacial score (nSPS) is 20.5. The average molecular weight is 267 g/mol. The summed E-state index contributed by atoms with van der Waals surface area (Å²) >= 11 is 0. The van der Waals surface area contributed by atoms with E-state index in [1.807, 2.05) is 0 Å². The number of imidazole rings is 1. The molecule has 0 atom stereocenters. The van der Waals surface area contributed by atoms with Crippen LogP contribution in [-0.4, -0.2) is 22.5 Å². The van der Waals surface area contributed by atoms with Crippen molar-refractivity contribution in [2.75, 3.05) is 13.1 Å². The summed E-state index contributed by atoms with van der Waals surface area (Å²) in [5.41, 5.74) is 3.91. The van der Waals surface area contributed by atoms with Crippen LogP contribution in [-0.2, 0) is 0 Å². The fraction of sp³-hybridized carbons (Fsp3) is 0.471. The van der Waals surface area contributed by atoms with Gasteiger partial charge in [0, 0.05) is 18.7 Å². The summed E-state index contributed by atoms with van der Waals surface area (Å²) in [4.78, 5) is 5.06. The minimum absolute atomic E-state index is 0.654. The van der Waals surface area contributed by atoms with Crippen molar-refractivity contribution in [2.45, 2.75) is 38.0 Å². The van der Waals surface area contributed by atoms with Gasteiger partial charge < -0.3 is 9.72 Å². The van der Waals surface area contributed by atoms with Gasteiger partial charge in [-0.05, 0) is 43.5 Å². The number of nitrogens with zero attached hydrogens (tertiary/aromatic N) is 2. The van der Waals surface area contributed by atoms with Crippen LogP contribution in [0.15, 0.2) is 30.5 Å². The van der Waals surface area contributed by atoms with Gasteiger partial charge in [0.2, 0.25) is 0 Å². The van der Waals surface area contributed by atoms with Crippen LogP contribution in [0.3, 0.4) is 0 Å². The quantitative estimate of drug-likeness (QED) is 0.904. The molecule has 1 fully saturated rings. The second-order valence-electron chi connectivity index (χ2n) is 5.94. The van der Waals surface area contributed by atoms with Crippen molar-refractivity contribution in [1.29, 1.82) is 0 Å². The fourth-order valence-corrected chi connectivity index (χ4v) is 3.61. The number of aromatic nitrogens is 2. The Kier molecular flexibility index (Phi) is 3.07. The van der Waals surface area contributed by atoms with Gasteiger partial charge in [0.05, 0.1) is 11.2 Å². The predicted molar refractivity (Wildman–Crippen MR) is 81.9 cm³/mol. The highest BCUT2D eigenvalue weighted by atomic mass is 15.0. The first-order chi connectivity index (χ1) is 9.93. The van der Waals surface area contributed by atoms with Crippen molar-refractivity contribution in [1.82, 2.24) is 14.7 Å². The summed E-state index contributed by atoms with van der Waals surface area (Å²) in [6.07, 6.45) is 10.9. The van der Waals surface area contributed by atoms with E-state index in [9.17, 15) is 0 Å². The third-order valence-corrected chi connectivity index (χ3v) is 4.66. The van der Waals surface area contributed by atoms with Crippen LogP contribution in [0.5, 0.6) is 0 Å². The maximum absolute atomic E-state index is 5.06. The van der Waals surface area contributed by atoms with Crippen LogP contribution in [0, 0.1) is 0 Å². The molecule has 0 unspecified atom stereocenters. The van der Waals surface area contributed by atoms with Gasteiger partial charge in [0.1, 0.15) is 5.82 Å². The summed E-state index contributed by atoms with van der Waals surface area (Å²) in [5, 5.41) is 3.38. The SMILES string of the molecule is C1=C(c2nc(C3CCCC3)n3ccccc23)CCNC1. The van der Waals surface area contributed by atoms with Crippen molar-refractivity contribution in [3.63, 3.8) is 0 Å². The molecule has 2 aliphatic rings. The largest absolute Gasteiger partial charge is 0.313 e. The number of nitrogens with one attached hydrogen (secondary N) is 1. The molecule has 3 heterocycles. The molecule has 0 amide bonds. The number of pyridine rings is 1. The lowest BCUT2D eigenvalue weighted by Crippen LogP contribution is -2.20. The number of hydrogen-bond acceptors (Lipinski definition) is 2. The van der Waals surface area contributed by atoms with Crippen molar-refractivity contribution >= 4 is 11.1 Å². The van der Waals surface area contributed by atoms with E-state index in [0.29, 0.717) is 5.92 Å². The third-order valence-electron chi connectivity index (χ3n) is 4.66. The molecule has 1 aliphatic carbocycles. The van der Waals surface area contributed by atoms with E-state index in [1.54, 1.807) is 0 Å². The summed E-state index contributed by atoms with van der Waals surface area (Å²) in [5.74, 6) is 1.94. The van der Waals surface area contributed by atoms with Gasteiger partial charge in [-0.3, -0.25) is 0 Å². The Balaban J connectivity index is 1.86. The van der Waals surface area contributed by atoms with E-state index in [0.717, 1.165) is 19.5 Å². The number of fused-ring (bicyclic) bond motifs is 1. The number of hydrogen-bond donors (Lipinski definition) is 1. The maximum Gasteiger partial charge on any atom is 0.117 e. The molecule has 2 aromatic heterocycles. The molecule has 4 rings (SSSR count). The van der Waals surface area contributed by atoms with Crippen LogP contribution in [0.4, 0.5) is 0 Å². The molecule has 1 aliphatic heterocycles. The van der Waals surface area contributed by atoms with Crippen LogP contribution in [0.25, 0.3) is 11.1 Å². The van der Waals surface area contributed by atoms with Crippen LogP contribution in [0.1, 0.15) is 49.5 Å². The molecule has 0 saturated heterocycles.